The molecule has 0 heterocycles. The van der Waals surface area contributed by atoms with E-state index in [1.165, 1.54) is 0 Å². The molecule has 0 aliphatic carbocycles. The van der Waals surface area contributed by atoms with E-state index in [1.54, 1.807) is 30.3 Å². The lowest BCUT2D eigenvalue weighted by atomic mass is 9.87. The van der Waals surface area contributed by atoms with Gasteiger partial charge >= 0.3 is 0 Å². The number of halogens is 1. The predicted octanol–water partition coefficient (Wildman–Crippen LogP) is 5.62. The molecule has 0 saturated heterocycles. The van der Waals surface area contributed by atoms with E-state index in [1.807, 2.05) is 24.3 Å². The number of rotatable bonds is 2. The maximum Gasteiger partial charge on any atom is 0.258 e. The minimum absolute atomic E-state index is 0.0570. The lowest BCUT2D eigenvalue weighted by molar-refractivity contribution is 0.0979. The lowest BCUT2D eigenvalue weighted by Gasteiger charge is -2.21. The van der Waals surface area contributed by atoms with Crippen molar-refractivity contribution in [2.24, 2.45) is 0 Å². The summed E-state index contributed by atoms with van der Waals surface area (Å²) in [6.45, 7) is 6.23. The number of fused-ring (bicyclic) bond motifs is 1. The third-order valence-electron chi connectivity index (χ3n) is 4.45. The zero-order valence-corrected chi connectivity index (χ0v) is 17.4. The van der Waals surface area contributed by atoms with Gasteiger partial charge in [-0.2, -0.15) is 0 Å². The molecule has 0 aliphatic heterocycles. The van der Waals surface area contributed by atoms with Crippen LogP contribution < -0.4 is 10.6 Å². The first-order chi connectivity index (χ1) is 13.2. The number of hydrogen-bond acceptors (Lipinski definition) is 3. The van der Waals surface area contributed by atoms with Crippen LogP contribution in [-0.4, -0.2) is 16.1 Å². The average molecular weight is 413 g/mol. The van der Waals surface area contributed by atoms with Crippen molar-refractivity contribution in [2.45, 2.75) is 26.2 Å². The average Bonchev–Trinajstić information content (AvgIpc) is 2.62. The first-order valence-corrected chi connectivity index (χ1v) is 9.58. The quantitative estimate of drug-likeness (QED) is 0.377. The standard InChI is InChI=1S/C22H21ClN2O2S/c1-22(2,3)13-10-11-19(26)18(12-13)24-21(28)25-20(27)16-8-4-7-15-14(16)6-5-9-17(15)23/h4-12,26H,1-3H3,(H2,24,25,27,28). The minimum Gasteiger partial charge on any atom is -0.506 e. The fourth-order valence-electron chi connectivity index (χ4n) is 2.90. The molecule has 4 nitrogen and oxygen atoms in total. The van der Waals surface area contributed by atoms with Crippen LogP contribution in [0, 0.1) is 0 Å². The van der Waals surface area contributed by atoms with Crippen LogP contribution >= 0.6 is 23.8 Å². The van der Waals surface area contributed by atoms with Crippen molar-refractivity contribution >= 4 is 51.3 Å². The van der Waals surface area contributed by atoms with Crippen LogP contribution in [0.25, 0.3) is 10.8 Å². The number of carbonyl (C=O) groups is 1. The third kappa shape index (κ3) is 4.26. The smallest absolute Gasteiger partial charge is 0.258 e. The Kier molecular flexibility index (Phi) is 5.59. The molecule has 28 heavy (non-hydrogen) atoms. The summed E-state index contributed by atoms with van der Waals surface area (Å²) in [5.41, 5.74) is 1.86. The summed E-state index contributed by atoms with van der Waals surface area (Å²) in [5.74, 6) is -0.293. The van der Waals surface area contributed by atoms with E-state index in [2.05, 4.69) is 31.4 Å². The number of carbonyl (C=O) groups excluding carboxylic acids is 1. The fraction of sp³-hybridized carbons (Fsp3) is 0.182. The maximum atomic E-state index is 12.7. The van der Waals surface area contributed by atoms with Crippen LogP contribution in [0.15, 0.2) is 54.6 Å². The number of amides is 1. The Morgan fingerprint density at radius 3 is 2.43 bits per heavy atom. The van der Waals surface area contributed by atoms with Gasteiger partial charge in [-0.25, -0.2) is 0 Å². The van der Waals surface area contributed by atoms with Crippen molar-refractivity contribution in [3.8, 4) is 5.75 Å². The van der Waals surface area contributed by atoms with Gasteiger partial charge in [0.2, 0.25) is 0 Å². The number of benzene rings is 3. The Morgan fingerprint density at radius 1 is 1.04 bits per heavy atom. The molecule has 1 amide bonds. The van der Waals surface area contributed by atoms with E-state index in [-0.39, 0.29) is 22.2 Å². The summed E-state index contributed by atoms with van der Waals surface area (Å²) in [6, 6.07) is 16.1. The minimum atomic E-state index is -0.350. The second-order valence-corrected chi connectivity index (χ2v) is 8.35. The van der Waals surface area contributed by atoms with Crippen molar-refractivity contribution in [3.63, 3.8) is 0 Å². The summed E-state index contributed by atoms with van der Waals surface area (Å²) in [4.78, 5) is 12.7. The van der Waals surface area contributed by atoms with E-state index >= 15 is 0 Å². The molecule has 0 aliphatic rings. The van der Waals surface area contributed by atoms with Crippen molar-refractivity contribution in [3.05, 3.63) is 70.7 Å². The first-order valence-electron chi connectivity index (χ1n) is 8.80. The van der Waals surface area contributed by atoms with Gasteiger partial charge in [-0.3, -0.25) is 10.1 Å². The van der Waals surface area contributed by atoms with Gasteiger partial charge in [0, 0.05) is 16.0 Å². The molecular formula is C22H21ClN2O2S. The number of thiocarbonyl (C=S) groups is 1. The molecular weight excluding hydrogens is 392 g/mol. The van der Waals surface area contributed by atoms with Crippen LogP contribution in [0.5, 0.6) is 5.75 Å². The number of anilines is 1. The Labute approximate surface area is 174 Å². The Hall–Kier alpha value is -2.63. The first kappa shape index (κ1) is 20.1. The highest BCUT2D eigenvalue weighted by atomic mass is 35.5. The summed E-state index contributed by atoms with van der Waals surface area (Å²) >= 11 is 11.5. The second kappa shape index (κ2) is 7.78. The number of nitrogens with one attached hydrogen (secondary N) is 2. The van der Waals surface area contributed by atoms with Crippen LogP contribution in [0.3, 0.4) is 0 Å². The fourth-order valence-corrected chi connectivity index (χ4v) is 3.34. The maximum absolute atomic E-state index is 12.7. The molecule has 3 N–H and O–H groups in total. The zero-order chi connectivity index (χ0) is 20.5. The molecule has 3 aromatic carbocycles. The molecule has 0 spiro atoms. The topological polar surface area (TPSA) is 61.4 Å². The van der Waals surface area contributed by atoms with Gasteiger partial charge in [0.05, 0.1) is 5.69 Å². The molecule has 3 rings (SSSR count). The number of hydrogen-bond donors (Lipinski definition) is 3. The van der Waals surface area contributed by atoms with Gasteiger partial charge < -0.3 is 10.4 Å². The molecule has 0 saturated carbocycles. The number of aromatic hydroxyl groups is 1. The van der Waals surface area contributed by atoms with Crippen LogP contribution in [0.4, 0.5) is 5.69 Å². The normalized spacial score (nSPS) is 11.3. The van der Waals surface area contributed by atoms with Gasteiger partial charge in [-0.1, -0.05) is 62.7 Å². The highest BCUT2D eigenvalue weighted by Crippen LogP contribution is 2.31. The van der Waals surface area contributed by atoms with E-state index < -0.39 is 0 Å². The van der Waals surface area contributed by atoms with Crippen molar-refractivity contribution in [1.82, 2.24) is 5.32 Å². The van der Waals surface area contributed by atoms with Gasteiger partial charge in [0.15, 0.2) is 5.11 Å². The van der Waals surface area contributed by atoms with Gasteiger partial charge in [-0.05, 0) is 52.8 Å². The van der Waals surface area contributed by atoms with E-state index in [9.17, 15) is 9.90 Å². The molecule has 0 aromatic heterocycles. The molecule has 0 bridgehead atoms. The molecule has 6 heteroatoms. The largest absolute Gasteiger partial charge is 0.506 e. The SMILES string of the molecule is CC(C)(C)c1ccc(O)c(NC(=S)NC(=O)c2cccc3c(Cl)cccc23)c1. The zero-order valence-electron chi connectivity index (χ0n) is 15.8. The summed E-state index contributed by atoms with van der Waals surface area (Å²) < 4.78 is 0. The van der Waals surface area contributed by atoms with Crippen molar-refractivity contribution in [1.29, 1.82) is 0 Å². The highest BCUT2D eigenvalue weighted by Gasteiger charge is 2.17. The van der Waals surface area contributed by atoms with E-state index in [0.717, 1.165) is 16.3 Å². The monoisotopic (exact) mass is 412 g/mol. The summed E-state index contributed by atoms with van der Waals surface area (Å²) in [5, 5.41) is 17.9. The summed E-state index contributed by atoms with van der Waals surface area (Å²) in [6.07, 6.45) is 0. The van der Waals surface area contributed by atoms with Crippen molar-refractivity contribution < 1.29 is 9.90 Å². The van der Waals surface area contributed by atoms with Gasteiger partial charge in [0.1, 0.15) is 5.75 Å². The molecule has 0 unspecified atom stereocenters. The van der Waals surface area contributed by atoms with Crippen molar-refractivity contribution in [2.75, 3.05) is 5.32 Å². The molecule has 3 aromatic rings. The lowest BCUT2D eigenvalue weighted by Crippen LogP contribution is -2.34. The molecule has 0 fully saturated rings. The Balaban J connectivity index is 1.81. The predicted molar refractivity (Wildman–Crippen MR) is 119 cm³/mol. The Bertz CT molecular complexity index is 1070. The van der Waals surface area contributed by atoms with Crippen LogP contribution in [0.1, 0.15) is 36.7 Å². The molecule has 144 valence electrons. The third-order valence-corrected chi connectivity index (χ3v) is 4.99. The summed E-state index contributed by atoms with van der Waals surface area (Å²) in [7, 11) is 0. The second-order valence-electron chi connectivity index (χ2n) is 7.53. The van der Waals surface area contributed by atoms with E-state index in [4.69, 9.17) is 23.8 Å². The van der Waals surface area contributed by atoms with Crippen LogP contribution in [0.2, 0.25) is 5.02 Å². The van der Waals surface area contributed by atoms with E-state index in [0.29, 0.717) is 16.3 Å². The van der Waals surface area contributed by atoms with Gasteiger partial charge in [-0.15, -0.1) is 0 Å². The molecule has 0 radical (unpaired) electrons. The number of phenols is 1. The highest BCUT2D eigenvalue weighted by molar-refractivity contribution is 7.80. The van der Waals surface area contributed by atoms with Crippen LogP contribution in [-0.2, 0) is 5.41 Å². The molecule has 0 atom stereocenters. The van der Waals surface area contributed by atoms with Gasteiger partial charge in [0.25, 0.3) is 5.91 Å². The number of phenolic OH excluding ortho intramolecular Hbond substituents is 1. The Morgan fingerprint density at radius 2 is 1.71 bits per heavy atom.